The van der Waals surface area contributed by atoms with Crippen LogP contribution in [0.1, 0.15) is 18.9 Å². The minimum atomic E-state index is -3.41. The Kier molecular flexibility index (Phi) is 3.52. The standard InChI is InChI=1S/C10H14O3S/c1-3-5-9-6-4-7-10(8-9)13-14(2,11)12/h4,6-8H,3,5H2,1-2H3. The van der Waals surface area contributed by atoms with Gasteiger partial charge in [-0.25, -0.2) is 0 Å². The zero-order chi connectivity index (χ0) is 10.6. The average Bonchev–Trinajstić information content (AvgIpc) is 2.02. The number of hydrogen-bond donors (Lipinski definition) is 0. The van der Waals surface area contributed by atoms with E-state index in [0.717, 1.165) is 24.7 Å². The van der Waals surface area contributed by atoms with E-state index in [1.165, 1.54) is 0 Å². The molecule has 0 saturated carbocycles. The third-order valence-corrected chi connectivity index (χ3v) is 2.18. The lowest BCUT2D eigenvalue weighted by atomic mass is 10.1. The largest absolute Gasteiger partial charge is 0.383 e. The third kappa shape index (κ3) is 3.79. The molecular weight excluding hydrogens is 200 g/mol. The van der Waals surface area contributed by atoms with Crippen molar-refractivity contribution in [3.63, 3.8) is 0 Å². The van der Waals surface area contributed by atoms with Gasteiger partial charge in [-0.3, -0.25) is 0 Å². The summed E-state index contributed by atoms with van der Waals surface area (Å²) in [7, 11) is -3.41. The summed E-state index contributed by atoms with van der Waals surface area (Å²) in [6.45, 7) is 2.07. The smallest absolute Gasteiger partial charge is 0.306 e. The molecule has 14 heavy (non-hydrogen) atoms. The summed E-state index contributed by atoms with van der Waals surface area (Å²) < 4.78 is 26.5. The Morgan fingerprint density at radius 1 is 1.36 bits per heavy atom. The Morgan fingerprint density at radius 2 is 2.07 bits per heavy atom. The van der Waals surface area contributed by atoms with Crippen LogP contribution in [0.25, 0.3) is 0 Å². The molecular formula is C10H14O3S. The number of rotatable bonds is 4. The second-order valence-corrected chi connectivity index (χ2v) is 4.76. The average molecular weight is 214 g/mol. The maximum absolute atomic E-state index is 10.8. The van der Waals surface area contributed by atoms with Crippen molar-refractivity contribution < 1.29 is 12.6 Å². The summed E-state index contributed by atoms with van der Waals surface area (Å²) in [6, 6.07) is 7.15. The Labute approximate surface area is 84.8 Å². The predicted molar refractivity (Wildman–Crippen MR) is 55.9 cm³/mol. The van der Waals surface area contributed by atoms with Crippen LogP contribution in [0.3, 0.4) is 0 Å². The van der Waals surface area contributed by atoms with Gasteiger partial charge < -0.3 is 4.18 Å². The summed E-state index contributed by atoms with van der Waals surface area (Å²) in [5, 5.41) is 0. The quantitative estimate of drug-likeness (QED) is 0.720. The molecule has 0 amide bonds. The van der Waals surface area contributed by atoms with E-state index in [4.69, 9.17) is 4.18 Å². The fourth-order valence-corrected chi connectivity index (χ4v) is 1.67. The van der Waals surface area contributed by atoms with Gasteiger partial charge in [-0.2, -0.15) is 8.42 Å². The predicted octanol–water partition coefficient (Wildman–Crippen LogP) is 1.98. The van der Waals surface area contributed by atoms with Crippen LogP contribution in [0, 0.1) is 0 Å². The molecule has 78 valence electrons. The molecule has 1 aromatic carbocycles. The molecule has 0 saturated heterocycles. The molecule has 1 rings (SSSR count). The van der Waals surface area contributed by atoms with E-state index >= 15 is 0 Å². The fourth-order valence-electron chi connectivity index (χ4n) is 1.22. The van der Waals surface area contributed by atoms with Crippen LogP contribution in [-0.2, 0) is 16.5 Å². The van der Waals surface area contributed by atoms with Crippen LogP contribution in [-0.4, -0.2) is 14.7 Å². The molecule has 0 unspecified atom stereocenters. The molecule has 0 atom stereocenters. The molecule has 0 aromatic heterocycles. The Morgan fingerprint density at radius 3 is 2.64 bits per heavy atom. The van der Waals surface area contributed by atoms with Gasteiger partial charge in [0.2, 0.25) is 0 Å². The van der Waals surface area contributed by atoms with Crippen LogP contribution in [0.5, 0.6) is 5.75 Å². The molecule has 0 heterocycles. The minimum absolute atomic E-state index is 0.387. The van der Waals surface area contributed by atoms with Crippen molar-refractivity contribution in [2.24, 2.45) is 0 Å². The summed E-state index contributed by atoms with van der Waals surface area (Å²) in [4.78, 5) is 0. The van der Waals surface area contributed by atoms with E-state index in [1.807, 2.05) is 6.07 Å². The van der Waals surface area contributed by atoms with Crippen molar-refractivity contribution in [1.82, 2.24) is 0 Å². The molecule has 0 radical (unpaired) electrons. The lowest BCUT2D eigenvalue weighted by Gasteiger charge is -2.04. The minimum Gasteiger partial charge on any atom is -0.383 e. The molecule has 4 heteroatoms. The second-order valence-electron chi connectivity index (χ2n) is 3.18. The zero-order valence-corrected chi connectivity index (χ0v) is 9.17. The van der Waals surface area contributed by atoms with Crippen molar-refractivity contribution >= 4 is 10.1 Å². The van der Waals surface area contributed by atoms with E-state index < -0.39 is 10.1 Å². The Bertz CT molecular complexity index is 396. The van der Waals surface area contributed by atoms with Crippen LogP contribution < -0.4 is 4.18 Å². The van der Waals surface area contributed by atoms with Crippen LogP contribution in [0.15, 0.2) is 24.3 Å². The number of aryl methyl sites for hydroxylation is 1. The SMILES string of the molecule is CCCc1cccc(OS(C)(=O)=O)c1. The van der Waals surface area contributed by atoms with Crippen LogP contribution in [0.2, 0.25) is 0 Å². The van der Waals surface area contributed by atoms with Crippen molar-refractivity contribution in [2.75, 3.05) is 6.26 Å². The first kappa shape index (κ1) is 11.0. The van der Waals surface area contributed by atoms with Crippen LogP contribution >= 0.6 is 0 Å². The first-order valence-electron chi connectivity index (χ1n) is 4.49. The van der Waals surface area contributed by atoms with Gasteiger partial charge in [-0.05, 0) is 24.1 Å². The third-order valence-electron chi connectivity index (χ3n) is 1.68. The Hall–Kier alpha value is -1.03. The topological polar surface area (TPSA) is 43.4 Å². The molecule has 0 fully saturated rings. The van der Waals surface area contributed by atoms with E-state index in [0.29, 0.717) is 5.75 Å². The van der Waals surface area contributed by atoms with Gasteiger partial charge in [-0.15, -0.1) is 0 Å². The van der Waals surface area contributed by atoms with Crippen molar-refractivity contribution in [1.29, 1.82) is 0 Å². The molecule has 1 aromatic rings. The maximum atomic E-state index is 10.8. The van der Waals surface area contributed by atoms with Gasteiger partial charge >= 0.3 is 10.1 Å². The lowest BCUT2D eigenvalue weighted by Crippen LogP contribution is -2.05. The van der Waals surface area contributed by atoms with E-state index in [2.05, 4.69) is 6.92 Å². The number of benzene rings is 1. The van der Waals surface area contributed by atoms with Gasteiger partial charge in [-0.1, -0.05) is 25.5 Å². The van der Waals surface area contributed by atoms with Gasteiger partial charge in [0.1, 0.15) is 5.75 Å². The highest BCUT2D eigenvalue weighted by Crippen LogP contribution is 2.15. The fraction of sp³-hybridized carbons (Fsp3) is 0.400. The van der Waals surface area contributed by atoms with Crippen LogP contribution in [0.4, 0.5) is 0 Å². The molecule has 0 aliphatic rings. The van der Waals surface area contributed by atoms with Gasteiger partial charge in [0.15, 0.2) is 0 Å². The van der Waals surface area contributed by atoms with E-state index in [9.17, 15) is 8.42 Å². The molecule has 0 bridgehead atoms. The summed E-state index contributed by atoms with van der Waals surface area (Å²) in [6.07, 6.45) is 3.00. The lowest BCUT2D eigenvalue weighted by molar-refractivity contribution is 0.492. The molecule has 0 aliphatic heterocycles. The first-order chi connectivity index (χ1) is 6.51. The molecule has 0 N–H and O–H groups in total. The van der Waals surface area contributed by atoms with Crippen molar-refractivity contribution in [3.05, 3.63) is 29.8 Å². The summed E-state index contributed by atoms with van der Waals surface area (Å²) in [5.41, 5.74) is 1.09. The highest BCUT2D eigenvalue weighted by atomic mass is 32.2. The number of hydrogen-bond acceptors (Lipinski definition) is 3. The van der Waals surface area contributed by atoms with Gasteiger partial charge in [0.25, 0.3) is 0 Å². The first-order valence-corrected chi connectivity index (χ1v) is 6.31. The van der Waals surface area contributed by atoms with Gasteiger partial charge in [0.05, 0.1) is 6.26 Å². The second kappa shape index (κ2) is 4.46. The van der Waals surface area contributed by atoms with E-state index in [-0.39, 0.29) is 0 Å². The normalized spacial score (nSPS) is 11.3. The van der Waals surface area contributed by atoms with Gasteiger partial charge in [0, 0.05) is 0 Å². The highest BCUT2D eigenvalue weighted by molar-refractivity contribution is 7.86. The van der Waals surface area contributed by atoms with Crippen molar-refractivity contribution in [2.45, 2.75) is 19.8 Å². The molecule has 0 spiro atoms. The monoisotopic (exact) mass is 214 g/mol. The Balaban J connectivity index is 2.83. The summed E-state index contributed by atoms with van der Waals surface area (Å²) in [5.74, 6) is 0.387. The van der Waals surface area contributed by atoms with E-state index in [1.54, 1.807) is 18.2 Å². The molecule has 0 aliphatic carbocycles. The maximum Gasteiger partial charge on any atom is 0.306 e. The summed E-state index contributed by atoms with van der Waals surface area (Å²) >= 11 is 0. The van der Waals surface area contributed by atoms with Crippen molar-refractivity contribution in [3.8, 4) is 5.75 Å². The molecule has 3 nitrogen and oxygen atoms in total. The zero-order valence-electron chi connectivity index (χ0n) is 8.36. The highest BCUT2D eigenvalue weighted by Gasteiger charge is 2.04.